The molecule has 1 aliphatic rings. The van der Waals surface area contributed by atoms with Crippen LogP contribution in [0.3, 0.4) is 0 Å². The van der Waals surface area contributed by atoms with Crippen molar-refractivity contribution in [2.45, 2.75) is 19.3 Å². The Balaban J connectivity index is 2.72. The number of halogens is 2. The van der Waals surface area contributed by atoms with Crippen molar-refractivity contribution in [1.82, 2.24) is 0 Å². The molecule has 14 heavy (non-hydrogen) atoms. The smallest absolute Gasteiger partial charge is 0.252 e. The molecule has 1 amide bonds. The van der Waals surface area contributed by atoms with Gasteiger partial charge >= 0.3 is 0 Å². The number of hydrogen-bond acceptors (Lipinski definition) is 1. The molecule has 2 N–H and O–H groups in total. The second-order valence-electron chi connectivity index (χ2n) is 3.40. The molecule has 0 heterocycles. The third-order valence-corrected chi connectivity index (χ3v) is 2.81. The third kappa shape index (κ3) is 1.28. The molecule has 1 aromatic rings. The molecule has 0 radical (unpaired) electrons. The van der Waals surface area contributed by atoms with Crippen molar-refractivity contribution in [2.24, 2.45) is 5.73 Å². The maximum atomic E-state index is 13.5. The van der Waals surface area contributed by atoms with Crippen LogP contribution in [0.2, 0.25) is 5.02 Å². The fourth-order valence-corrected chi connectivity index (χ4v) is 2.16. The number of carbonyl (C=O) groups is 1. The monoisotopic (exact) mass is 213 g/mol. The van der Waals surface area contributed by atoms with E-state index in [0.717, 1.165) is 24.0 Å². The minimum Gasteiger partial charge on any atom is -0.365 e. The Morgan fingerprint density at radius 3 is 2.86 bits per heavy atom. The van der Waals surface area contributed by atoms with Crippen LogP contribution < -0.4 is 5.73 Å². The second-order valence-corrected chi connectivity index (χ2v) is 3.81. The molecular formula is C10H9ClFNO. The van der Waals surface area contributed by atoms with Gasteiger partial charge in [-0.05, 0) is 36.5 Å². The first-order chi connectivity index (χ1) is 6.61. The summed E-state index contributed by atoms with van der Waals surface area (Å²) in [6.45, 7) is 0. The van der Waals surface area contributed by atoms with Crippen molar-refractivity contribution >= 4 is 17.5 Å². The average molecular weight is 214 g/mol. The van der Waals surface area contributed by atoms with E-state index in [9.17, 15) is 9.18 Å². The van der Waals surface area contributed by atoms with Gasteiger partial charge in [0.25, 0.3) is 5.91 Å². The van der Waals surface area contributed by atoms with E-state index in [1.807, 2.05) is 0 Å². The van der Waals surface area contributed by atoms with Crippen molar-refractivity contribution in [1.29, 1.82) is 0 Å². The van der Waals surface area contributed by atoms with Gasteiger partial charge in [0.15, 0.2) is 5.82 Å². The van der Waals surface area contributed by atoms with E-state index in [0.29, 0.717) is 6.42 Å². The molecule has 1 aromatic carbocycles. The number of amides is 1. The molecule has 2 nitrogen and oxygen atoms in total. The van der Waals surface area contributed by atoms with Crippen molar-refractivity contribution in [2.75, 3.05) is 0 Å². The number of carbonyl (C=O) groups excluding carboxylic acids is 1. The fraction of sp³-hybridized carbons (Fsp3) is 0.300. The Kier molecular flexibility index (Phi) is 2.19. The van der Waals surface area contributed by atoms with Gasteiger partial charge in [-0.25, -0.2) is 4.39 Å². The lowest BCUT2D eigenvalue weighted by atomic mass is 10.0. The minimum absolute atomic E-state index is 0.0144. The topological polar surface area (TPSA) is 43.1 Å². The van der Waals surface area contributed by atoms with Crippen molar-refractivity contribution < 1.29 is 9.18 Å². The Hall–Kier alpha value is -1.09. The highest BCUT2D eigenvalue weighted by Gasteiger charge is 2.23. The first kappa shape index (κ1) is 9.46. The van der Waals surface area contributed by atoms with Crippen molar-refractivity contribution in [3.8, 4) is 0 Å². The highest BCUT2D eigenvalue weighted by Crippen LogP contribution is 2.31. The summed E-state index contributed by atoms with van der Waals surface area (Å²) in [6.07, 6.45) is 2.48. The summed E-state index contributed by atoms with van der Waals surface area (Å²) in [5.41, 5.74) is 6.78. The lowest BCUT2D eigenvalue weighted by molar-refractivity contribution is 0.0995. The molecule has 0 unspecified atom stereocenters. The zero-order valence-electron chi connectivity index (χ0n) is 7.44. The zero-order valence-corrected chi connectivity index (χ0v) is 8.20. The number of aryl methyl sites for hydroxylation is 1. The standard InChI is InChI=1S/C10H9ClFNO/c11-7-4-5-2-1-3-6(5)8(9(7)12)10(13)14/h4H,1-3H2,(H2,13,14). The van der Waals surface area contributed by atoms with Gasteiger partial charge in [0.2, 0.25) is 0 Å². The van der Waals surface area contributed by atoms with Gasteiger partial charge in [0.05, 0.1) is 10.6 Å². The van der Waals surface area contributed by atoms with Crippen molar-refractivity contribution in [3.63, 3.8) is 0 Å². The van der Waals surface area contributed by atoms with E-state index >= 15 is 0 Å². The highest BCUT2D eigenvalue weighted by atomic mass is 35.5. The average Bonchev–Trinajstić information content (AvgIpc) is 2.52. The summed E-state index contributed by atoms with van der Waals surface area (Å²) in [6, 6.07) is 1.59. The molecule has 0 bridgehead atoms. The van der Waals surface area contributed by atoms with E-state index in [2.05, 4.69) is 0 Å². The zero-order chi connectivity index (χ0) is 10.3. The largest absolute Gasteiger partial charge is 0.365 e. The molecule has 1 aliphatic carbocycles. The predicted octanol–water partition coefficient (Wildman–Crippen LogP) is 2.07. The molecule has 0 saturated heterocycles. The summed E-state index contributed by atoms with van der Waals surface area (Å²) < 4.78 is 13.5. The summed E-state index contributed by atoms with van der Waals surface area (Å²) in [5.74, 6) is -1.41. The number of fused-ring (bicyclic) bond motifs is 1. The van der Waals surface area contributed by atoms with Crippen LogP contribution in [0, 0.1) is 5.82 Å². The highest BCUT2D eigenvalue weighted by molar-refractivity contribution is 6.31. The van der Waals surface area contributed by atoms with Gasteiger partial charge in [-0.15, -0.1) is 0 Å². The Labute approximate surface area is 85.9 Å². The van der Waals surface area contributed by atoms with Crippen LogP contribution in [0.25, 0.3) is 0 Å². The van der Waals surface area contributed by atoms with Gasteiger partial charge in [-0.2, -0.15) is 0 Å². The fourth-order valence-electron chi connectivity index (χ4n) is 1.94. The van der Waals surface area contributed by atoms with Crippen LogP contribution in [-0.4, -0.2) is 5.91 Å². The first-order valence-electron chi connectivity index (χ1n) is 4.41. The second kappa shape index (κ2) is 3.24. The molecule has 0 aromatic heterocycles. The minimum atomic E-state index is -0.733. The van der Waals surface area contributed by atoms with E-state index in [1.54, 1.807) is 6.07 Å². The Morgan fingerprint density at radius 1 is 1.50 bits per heavy atom. The number of nitrogens with two attached hydrogens (primary N) is 1. The molecule has 0 fully saturated rings. The number of benzene rings is 1. The Morgan fingerprint density at radius 2 is 2.21 bits per heavy atom. The molecule has 0 spiro atoms. The van der Waals surface area contributed by atoms with Gasteiger partial charge in [-0.3, -0.25) is 4.79 Å². The van der Waals surface area contributed by atoms with Crippen LogP contribution >= 0.6 is 11.6 Å². The van der Waals surface area contributed by atoms with E-state index < -0.39 is 11.7 Å². The molecular weight excluding hydrogens is 205 g/mol. The van der Waals surface area contributed by atoms with Gasteiger partial charge in [0, 0.05) is 0 Å². The third-order valence-electron chi connectivity index (χ3n) is 2.54. The first-order valence-corrected chi connectivity index (χ1v) is 4.78. The van der Waals surface area contributed by atoms with Crippen LogP contribution in [0.5, 0.6) is 0 Å². The van der Waals surface area contributed by atoms with Gasteiger partial charge < -0.3 is 5.73 Å². The van der Waals surface area contributed by atoms with E-state index in [4.69, 9.17) is 17.3 Å². The molecule has 0 aliphatic heterocycles. The van der Waals surface area contributed by atoms with Gasteiger partial charge in [0.1, 0.15) is 0 Å². The predicted molar refractivity (Wildman–Crippen MR) is 52.0 cm³/mol. The normalized spacial score (nSPS) is 14.1. The number of primary amides is 1. The van der Waals surface area contributed by atoms with Crippen LogP contribution in [0.1, 0.15) is 27.9 Å². The summed E-state index contributed by atoms with van der Waals surface area (Å²) >= 11 is 5.66. The van der Waals surface area contributed by atoms with E-state index in [1.165, 1.54) is 0 Å². The number of rotatable bonds is 1. The molecule has 74 valence electrons. The summed E-state index contributed by atoms with van der Waals surface area (Å²) in [7, 11) is 0. The van der Waals surface area contributed by atoms with Crippen LogP contribution in [0.15, 0.2) is 6.07 Å². The van der Waals surface area contributed by atoms with Crippen LogP contribution in [-0.2, 0) is 12.8 Å². The molecule has 0 saturated carbocycles. The van der Waals surface area contributed by atoms with Crippen LogP contribution in [0.4, 0.5) is 4.39 Å². The van der Waals surface area contributed by atoms with Gasteiger partial charge in [-0.1, -0.05) is 11.6 Å². The molecule has 4 heteroatoms. The van der Waals surface area contributed by atoms with E-state index in [-0.39, 0.29) is 10.6 Å². The lowest BCUT2D eigenvalue weighted by Gasteiger charge is -2.07. The Bertz CT molecular complexity index is 417. The quantitative estimate of drug-likeness (QED) is 0.763. The summed E-state index contributed by atoms with van der Waals surface area (Å²) in [5, 5.41) is -0.0144. The maximum Gasteiger partial charge on any atom is 0.252 e. The summed E-state index contributed by atoms with van der Waals surface area (Å²) in [4.78, 5) is 11.1. The number of hydrogen-bond donors (Lipinski definition) is 1. The SMILES string of the molecule is NC(=O)c1c(F)c(Cl)cc2c1CCC2. The maximum absolute atomic E-state index is 13.5. The lowest BCUT2D eigenvalue weighted by Crippen LogP contribution is -2.16. The molecule has 0 atom stereocenters. The molecule has 2 rings (SSSR count). The van der Waals surface area contributed by atoms with Crippen molar-refractivity contribution in [3.05, 3.63) is 33.6 Å².